The highest BCUT2D eigenvalue weighted by Crippen LogP contribution is 2.30. The van der Waals surface area contributed by atoms with Crippen LogP contribution in [0.15, 0.2) is 59.2 Å². The largest absolute Gasteiger partial charge is 0.464 e. The third-order valence-electron chi connectivity index (χ3n) is 3.92. The standard InChI is InChI=1S/C19H21NO/c1-3-14-8-7-9-15(12-14)19(20-4-2)17-13-21-18-11-6-5-10-16(17)18/h5-13,19-20H,3-4H2,1-2H3. The summed E-state index contributed by atoms with van der Waals surface area (Å²) in [5.74, 6) is 0. The second kappa shape index (κ2) is 6.15. The normalized spacial score (nSPS) is 12.7. The fourth-order valence-corrected chi connectivity index (χ4v) is 2.83. The van der Waals surface area contributed by atoms with E-state index in [1.807, 2.05) is 18.4 Å². The molecule has 0 saturated heterocycles. The van der Waals surface area contributed by atoms with Gasteiger partial charge >= 0.3 is 0 Å². The maximum Gasteiger partial charge on any atom is 0.134 e. The predicted octanol–water partition coefficient (Wildman–Crippen LogP) is 4.69. The van der Waals surface area contributed by atoms with E-state index < -0.39 is 0 Å². The first-order chi connectivity index (χ1) is 10.3. The third kappa shape index (κ3) is 2.72. The molecule has 0 saturated carbocycles. The molecule has 0 fully saturated rings. The molecule has 0 aliphatic rings. The quantitative estimate of drug-likeness (QED) is 0.732. The Labute approximate surface area is 125 Å². The van der Waals surface area contributed by atoms with Crippen LogP contribution < -0.4 is 5.32 Å². The van der Waals surface area contributed by atoms with Crippen LogP contribution in [0.4, 0.5) is 0 Å². The van der Waals surface area contributed by atoms with Gasteiger partial charge in [0.05, 0.1) is 12.3 Å². The molecule has 0 spiro atoms. The highest BCUT2D eigenvalue weighted by Gasteiger charge is 2.18. The van der Waals surface area contributed by atoms with Gasteiger partial charge in [-0.2, -0.15) is 0 Å². The second-order valence-corrected chi connectivity index (χ2v) is 5.28. The molecule has 2 nitrogen and oxygen atoms in total. The molecule has 0 bridgehead atoms. The number of fused-ring (bicyclic) bond motifs is 1. The number of furan rings is 1. The lowest BCUT2D eigenvalue weighted by molar-refractivity contribution is 0.584. The Balaban J connectivity index is 2.08. The van der Waals surface area contributed by atoms with Crippen molar-refractivity contribution < 1.29 is 4.42 Å². The third-order valence-corrected chi connectivity index (χ3v) is 3.92. The first kappa shape index (κ1) is 13.9. The van der Waals surface area contributed by atoms with Crippen molar-refractivity contribution in [1.29, 1.82) is 0 Å². The van der Waals surface area contributed by atoms with E-state index in [1.54, 1.807) is 0 Å². The average molecular weight is 279 g/mol. The van der Waals surface area contributed by atoms with Crippen LogP contribution >= 0.6 is 0 Å². The van der Waals surface area contributed by atoms with Crippen LogP contribution in [0.25, 0.3) is 11.0 Å². The van der Waals surface area contributed by atoms with Crippen molar-refractivity contribution in [2.24, 2.45) is 0 Å². The summed E-state index contributed by atoms with van der Waals surface area (Å²) in [7, 11) is 0. The number of hydrogen-bond acceptors (Lipinski definition) is 2. The van der Waals surface area contributed by atoms with Crippen molar-refractivity contribution in [3.05, 3.63) is 71.5 Å². The highest BCUT2D eigenvalue weighted by molar-refractivity contribution is 5.81. The van der Waals surface area contributed by atoms with Crippen LogP contribution in [0.2, 0.25) is 0 Å². The lowest BCUT2D eigenvalue weighted by Crippen LogP contribution is -2.21. The fourth-order valence-electron chi connectivity index (χ4n) is 2.83. The molecule has 1 N–H and O–H groups in total. The number of rotatable bonds is 5. The summed E-state index contributed by atoms with van der Waals surface area (Å²) < 4.78 is 5.71. The summed E-state index contributed by atoms with van der Waals surface area (Å²) in [5.41, 5.74) is 4.81. The summed E-state index contributed by atoms with van der Waals surface area (Å²) in [6, 6.07) is 17.2. The van der Waals surface area contributed by atoms with Crippen LogP contribution in [-0.4, -0.2) is 6.54 Å². The molecule has 0 amide bonds. The first-order valence-corrected chi connectivity index (χ1v) is 7.61. The van der Waals surface area contributed by atoms with Crippen molar-refractivity contribution in [2.75, 3.05) is 6.54 Å². The Morgan fingerprint density at radius 2 is 1.90 bits per heavy atom. The molecule has 108 valence electrons. The van der Waals surface area contributed by atoms with Gasteiger partial charge in [0.25, 0.3) is 0 Å². The molecule has 2 heteroatoms. The Morgan fingerprint density at radius 1 is 1.05 bits per heavy atom. The number of nitrogens with one attached hydrogen (secondary N) is 1. The summed E-state index contributed by atoms with van der Waals surface area (Å²) in [6.45, 7) is 5.24. The minimum atomic E-state index is 0.171. The Hall–Kier alpha value is -2.06. The van der Waals surface area contributed by atoms with E-state index in [-0.39, 0.29) is 6.04 Å². The summed E-state index contributed by atoms with van der Waals surface area (Å²) >= 11 is 0. The van der Waals surface area contributed by atoms with Crippen molar-refractivity contribution in [2.45, 2.75) is 26.3 Å². The highest BCUT2D eigenvalue weighted by atomic mass is 16.3. The van der Waals surface area contributed by atoms with Crippen LogP contribution in [0.3, 0.4) is 0 Å². The average Bonchev–Trinajstić information content (AvgIpc) is 2.96. The van der Waals surface area contributed by atoms with Crippen molar-refractivity contribution >= 4 is 11.0 Å². The number of benzene rings is 2. The van der Waals surface area contributed by atoms with Gasteiger partial charge in [-0.15, -0.1) is 0 Å². The van der Waals surface area contributed by atoms with Gasteiger partial charge in [-0.1, -0.05) is 56.3 Å². The smallest absolute Gasteiger partial charge is 0.134 e. The SMILES string of the molecule is CCNC(c1cccc(CC)c1)c1coc2ccccc12. The van der Waals surface area contributed by atoms with Gasteiger partial charge in [-0.3, -0.25) is 0 Å². The molecule has 3 aromatic rings. The van der Waals surface area contributed by atoms with E-state index in [1.165, 1.54) is 22.1 Å². The maximum absolute atomic E-state index is 5.71. The second-order valence-electron chi connectivity index (χ2n) is 5.28. The first-order valence-electron chi connectivity index (χ1n) is 7.61. The fraction of sp³-hybridized carbons (Fsp3) is 0.263. The van der Waals surface area contributed by atoms with Gasteiger partial charge in [0.1, 0.15) is 5.58 Å². The molecule has 1 unspecified atom stereocenters. The molecule has 0 aliphatic heterocycles. The van der Waals surface area contributed by atoms with Crippen LogP contribution in [-0.2, 0) is 6.42 Å². The van der Waals surface area contributed by atoms with Gasteiger partial charge < -0.3 is 9.73 Å². The Kier molecular flexibility index (Phi) is 4.07. The molecular formula is C19H21NO. The van der Waals surface area contributed by atoms with Crippen molar-refractivity contribution in [3.63, 3.8) is 0 Å². The zero-order valence-electron chi connectivity index (χ0n) is 12.6. The zero-order chi connectivity index (χ0) is 14.7. The van der Waals surface area contributed by atoms with E-state index in [9.17, 15) is 0 Å². The number of para-hydroxylation sites is 1. The van der Waals surface area contributed by atoms with E-state index in [0.717, 1.165) is 18.5 Å². The topological polar surface area (TPSA) is 25.2 Å². The maximum atomic E-state index is 5.71. The molecule has 1 atom stereocenters. The van der Waals surface area contributed by atoms with Crippen LogP contribution in [0.1, 0.15) is 36.6 Å². The molecule has 21 heavy (non-hydrogen) atoms. The van der Waals surface area contributed by atoms with E-state index in [4.69, 9.17) is 4.42 Å². The lowest BCUT2D eigenvalue weighted by atomic mass is 9.96. The molecule has 1 heterocycles. The molecule has 0 aliphatic carbocycles. The zero-order valence-corrected chi connectivity index (χ0v) is 12.6. The predicted molar refractivity (Wildman–Crippen MR) is 87.6 cm³/mol. The molecule has 3 rings (SSSR count). The summed E-state index contributed by atoms with van der Waals surface area (Å²) in [5, 5.41) is 4.77. The van der Waals surface area contributed by atoms with E-state index in [2.05, 4.69) is 55.6 Å². The van der Waals surface area contributed by atoms with Gasteiger partial charge in [-0.25, -0.2) is 0 Å². The monoisotopic (exact) mass is 279 g/mol. The van der Waals surface area contributed by atoms with Crippen LogP contribution in [0.5, 0.6) is 0 Å². The van der Waals surface area contributed by atoms with Gasteiger partial charge in [0, 0.05) is 10.9 Å². The molecule has 1 aromatic heterocycles. The van der Waals surface area contributed by atoms with Gasteiger partial charge in [0.2, 0.25) is 0 Å². The lowest BCUT2D eigenvalue weighted by Gasteiger charge is -2.18. The van der Waals surface area contributed by atoms with Crippen LogP contribution in [0, 0.1) is 0 Å². The summed E-state index contributed by atoms with van der Waals surface area (Å²) in [6.07, 6.45) is 2.94. The van der Waals surface area contributed by atoms with Crippen molar-refractivity contribution in [3.8, 4) is 0 Å². The minimum Gasteiger partial charge on any atom is -0.464 e. The van der Waals surface area contributed by atoms with Gasteiger partial charge in [0.15, 0.2) is 0 Å². The molecule has 2 aromatic carbocycles. The Morgan fingerprint density at radius 3 is 2.71 bits per heavy atom. The number of aryl methyl sites for hydroxylation is 1. The molecule has 0 radical (unpaired) electrons. The summed E-state index contributed by atoms with van der Waals surface area (Å²) in [4.78, 5) is 0. The van der Waals surface area contributed by atoms with Gasteiger partial charge in [-0.05, 0) is 30.2 Å². The van der Waals surface area contributed by atoms with Crippen molar-refractivity contribution in [1.82, 2.24) is 5.32 Å². The number of hydrogen-bond donors (Lipinski definition) is 1. The molecular weight excluding hydrogens is 258 g/mol. The minimum absolute atomic E-state index is 0.171. The van der Waals surface area contributed by atoms with E-state index >= 15 is 0 Å². The Bertz CT molecular complexity index is 729. The van der Waals surface area contributed by atoms with E-state index in [0.29, 0.717) is 0 Å².